The smallest absolute Gasteiger partial charge is 0.137 e. The fraction of sp³-hybridized carbons (Fsp3) is 0.667. The monoisotopic (exact) mass is 257 g/mol. The van der Waals surface area contributed by atoms with Crippen molar-refractivity contribution in [2.45, 2.75) is 39.7 Å². The third-order valence-electron chi connectivity index (χ3n) is 2.42. The van der Waals surface area contributed by atoms with Crippen LogP contribution in [0.25, 0.3) is 0 Å². The molecular weight excluding hydrogens is 238 g/mol. The van der Waals surface area contributed by atoms with Gasteiger partial charge in [0.2, 0.25) is 0 Å². The van der Waals surface area contributed by atoms with Gasteiger partial charge in [0.15, 0.2) is 0 Å². The summed E-state index contributed by atoms with van der Waals surface area (Å²) in [7, 11) is 1.68. The summed E-state index contributed by atoms with van der Waals surface area (Å²) in [6.07, 6.45) is 0. The number of rotatable bonds is 5. The molecule has 1 heterocycles. The van der Waals surface area contributed by atoms with Gasteiger partial charge in [-0.25, -0.2) is 9.97 Å². The summed E-state index contributed by atoms with van der Waals surface area (Å²) in [5.74, 6) is 1.80. The molecule has 0 radical (unpaired) electrons. The number of methoxy groups -OCH3 is 1. The number of hydrogen-bond donors (Lipinski definition) is 1. The minimum Gasteiger partial charge on any atom is -0.383 e. The molecule has 0 bridgehead atoms. The fourth-order valence-corrected chi connectivity index (χ4v) is 1.61. The van der Waals surface area contributed by atoms with Gasteiger partial charge in [0.05, 0.1) is 6.61 Å². The molecule has 0 saturated heterocycles. The predicted molar refractivity (Wildman–Crippen MR) is 70.8 cm³/mol. The summed E-state index contributed by atoms with van der Waals surface area (Å²) in [5.41, 5.74) is 0.874. The minimum atomic E-state index is 0.185. The highest BCUT2D eigenvalue weighted by molar-refractivity contribution is 6.30. The highest BCUT2D eigenvalue weighted by atomic mass is 35.5. The molecule has 0 aliphatic heterocycles. The van der Waals surface area contributed by atoms with Crippen molar-refractivity contribution < 1.29 is 4.74 Å². The van der Waals surface area contributed by atoms with Crippen LogP contribution in [-0.2, 0) is 4.74 Å². The molecule has 4 nitrogen and oxygen atoms in total. The molecule has 0 aromatic carbocycles. The lowest BCUT2D eigenvalue weighted by molar-refractivity contribution is 0.190. The first-order chi connectivity index (χ1) is 7.95. The molecule has 0 aliphatic rings. The Morgan fingerprint density at radius 3 is 2.47 bits per heavy atom. The highest BCUT2D eigenvalue weighted by Gasteiger charge is 2.13. The second kappa shape index (κ2) is 6.17. The van der Waals surface area contributed by atoms with Crippen molar-refractivity contribution in [3.8, 4) is 0 Å². The Hall–Kier alpha value is -0.870. The lowest BCUT2D eigenvalue weighted by atomic mass is 10.2. The molecule has 17 heavy (non-hydrogen) atoms. The normalized spacial score (nSPS) is 12.9. The second-order valence-corrected chi connectivity index (χ2v) is 4.86. The summed E-state index contributed by atoms with van der Waals surface area (Å²) in [6.45, 7) is 8.66. The van der Waals surface area contributed by atoms with E-state index in [0.29, 0.717) is 11.8 Å². The average molecular weight is 258 g/mol. The maximum atomic E-state index is 6.10. The zero-order chi connectivity index (χ0) is 13.0. The molecule has 0 fully saturated rings. The number of hydrogen-bond acceptors (Lipinski definition) is 4. The van der Waals surface area contributed by atoms with Gasteiger partial charge >= 0.3 is 0 Å². The van der Waals surface area contributed by atoms with Crippen LogP contribution in [0.3, 0.4) is 0 Å². The SMILES string of the molecule is COCC(C)Nc1nc(C(C)C)nc(Cl)c1C. The van der Waals surface area contributed by atoms with Gasteiger partial charge in [-0.2, -0.15) is 0 Å². The molecular formula is C12H20ClN3O. The van der Waals surface area contributed by atoms with Crippen molar-refractivity contribution in [3.05, 3.63) is 16.5 Å². The predicted octanol–water partition coefficient (Wildman–Crippen LogP) is 3.01. The van der Waals surface area contributed by atoms with E-state index in [4.69, 9.17) is 16.3 Å². The maximum absolute atomic E-state index is 6.10. The van der Waals surface area contributed by atoms with Crippen LogP contribution >= 0.6 is 11.6 Å². The van der Waals surface area contributed by atoms with Crippen LogP contribution in [0.15, 0.2) is 0 Å². The van der Waals surface area contributed by atoms with Gasteiger partial charge in [-0.1, -0.05) is 25.4 Å². The van der Waals surface area contributed by atoms with Crippen LogP contribution < -0.4 is 5.32 Å². The summed E-state index contributed by atoms with van der Waals surface area (Å²) >= 11 is 6.10. The molecule has 1 N–H and O–H groups in total. The number of anilines is 1. The summed E-state index contributed by atoms with van der Waals surface area (Å²) in [6, 6.07) is 0.185. The van der Waals surface area contributed by atoms with E-state index < -0.39 is 0 Å². The molecule has 0 saturated carbocycles. The molecule has 1 rings (SSSR count). The van der Waals surface area contributed by atoms with Crippen molar-refractivity contribution in [2.75, 3.05) is 19.0 Å². The lowest BCUT2D eigenvalue weighted by Gasteiger charge is -2.17. The van der Waals surface area contributed by atoms with Gasteiger partial charge < -0.3 is 10.1 Å². The van der Waals surface area contributed by atoms with Gasteiger partial charge in [-0.05, 0) is 13.8 Å². The molecule has 0 amide bonds. The first kappa shape index (κ1) is 14.2. The van der Waals surface area contributed by atoms with Gasteiger partial charge in [0, 0.05) is 24.6 Å². The van der Waals surface area contributed by atoms with E-state index in [2.05, 4.69) is 15.3 Å². The molecule has 0 spiro atoms. The number of halogens is 1. The van der Waals surface area contributed by atoms with Gasteiger partial charge in [-0.15, -0.1) is 0 Å². The molecule has 5 heteroatoms. The third-order valence-corrected chi connectivity index (χ3v) is 2.79. The Morgan fingerprint density at radius 1 is 1.29 bits per heavy atom. The Morgan fingerprint density at radius 2 is 1.94 bits per heavy atom. The van der Waals surface area contributed by atoms with Crippen LogP contribution in [-0.4, -0.2) is 29.7 Å². The maximum Gasteiger partial charge on any atom is 0.137 e. The summed E-state index contributed by atoms with van der Waals surface area (Å²) in [5, 5.41) is 3.80. The number of aromatic nitrogens is 2. The average Bonchev–Trinajstić information content (AvgIpc) is 2.24. The van der Waals surface area contributed by atoms with Crippen molar-refractivity contribution in [3.63, 3.8) is 0 Å². The van der Waals surface area contributed by atoms with E-state index >= 15 is 0 Å². The molecule has 1 aromatic rings. The van der Waals surface area contributed by atoms with Gasteiger partial charge in [0.25, 0.3) is 0 Å². The Kier molecular flexibility index (Phi) is 5.15. The highest BCUT2D eigenvalue weighted by Crippen LogP contribution is 2.23. The fourth-order valence-electron chi connectivity index (χ4n) is 1.43. The topological polar surface area (TPSA) is 47.0 Å². The number of nitrogens with zero attached hydrogens (tertiary/aromatic N) is 2. The lowest BCUT2D eigenvalue weighted by Crippen LogP contribution is -2.22. The standard InChI is InChI=1S/C12H20ClN3O/c1-7(2)11-15-10(13)9(4)12(16-11)14-8(3)6-17-5/h7-8H,6H2,1-5H3,(H,14,15,16). The van der Waals surface area contributed by atoms with Crippen molar-refractivity contribution >= 4 is 17.4 Å². The number of ether oxygens (including phenoxy) is 1. The third kappa shape index (κ3) is 3.82. The van der Waals surface area contributed by atoms with Crippen molar-refractivity contribution in [2.24, 2.45) is 0 Å². The first-order valence-electron chi connectivity index (χ1n) is 5.75. The summed E-state index contributed by atoms with van der Waals surface area (Å²) < 4.78 is 5.08. The van der Waals surface area contributed by atoms with E-state index in [0.717, 1.165) is 17.2 Å². The van der Waals surface area contributed by atoms with Gasteiger partial charge in [-0.3, -0.25) is 0 Å². The van der Waals surface area contributed by atoms with Crippen molar-refractivity contribution in [1.29, 1.82) is 0 Å². The van der Waals surface area contributed by atoms with E-state index in [-0.39, 0.29) is 12.0 Å². The van der Waals surface area contributed by atoms with E-state index in [1.165, 1.54) is 0 Å². The van der Waals surface area contributed by atoms with E-state index in [9.17, 15) is 0 Å². The quantitative estimate of drug-likeness (QED) is 0.824. The van der Waals surface area contributed by atoms with Crippen LogP contribution in [0.2, 0.25) is 5.15 Å². The van der Waals surface area contributed by atoms with Gasteiger partial charge in [0.1, 0.15) is 16.8 Å². The van der Waals surface area contributed by atoms with Crippen LogP contribution in [0.1, 0.15) is 38.1 Å². The minimum absolute atomic E-state index is 0.185. The summed E-state index contributed by atoms with van der Waals surface area (Å²) in [4.78, 5) is 8.76. The van der Waals surface area contributed by atoms with E-state index in [1.807, 2.05) is 27.7 Å². The number of nitrogens with one attached hydrogen (secondary N) is 1. The zero-order valence-electron chi connectivity index (χ0n) is 11.0. The largest absolute Gasteiger partial charge is 0.383 e. The van der Waals surface area contributed by atoms with E-state index in [1.54, 1.807) is 7.11 Å². The zero-order valence-corrected chi connectivity index (χ0v) is 11.8. The Labute approximate surface area is 108 Å². The Balaban J connectivity index is 2.97. The molecule has 1 atom stereocenters. The van der Waals surface area contributed by atoms with Crippen molar-refractivity contribution in [1.82, 2.24) is 9.97 Å². The molecule has 96 valence electrons. The van der Waals surface area contributed by atoms with Crippen LogP contribution in [0.4, 0.5) is 5.82 Å². The molecule has 1 unspecified atom stereocenters. The Bertz CT molecular complexity index is 382. The molecule has 0 aliphatic carbocycles. The molecule has 1 aromatic heterocycles. The van der Waals surface area contributed by atoms with Crippen LogP contribution in [0.5, 0.6) is 0 Å². The van der Waals surface area contributed by atoms with Crippen LogP contribution in [0, 0.1) is 6.92 Å². The first-order valence-corrected chi connectivity index (χ1v) is 6.13. The second-order valence-electron chi connectivity index (χ2n) is 4.50.